The quantitative estimate of drug-likeness (QED) is 0.573. The number of hydrazone groups is 1. The molecule has 1 aromatic heterocycles. The Labute approximate surface area is 144 Å². The van der Waals surface area contributed by atoms with Crippen molar-refractivity contribution < 1.29 is 13.9 Å². The first-order chi connectivity index (χ1) is 10.6. The molecule has 2 aromatic rings. The second kappa shape index (κ2) is 7.95. The highest BCUT2D eigenvalue weighted by atomic mass is 79.9. The molecule has 1 N–H and O–H groups in total. The van der Waals surface area contributed by atoms with Crippen molar-refractivity contribution in [1.29, 1.82) is 0 Å². The average Bonchev–Trinajstić information content (AvgIpc) is 2.99. The molecule has 0 bridgehead atoms. The molecule has 0 spiro atoms. The molecule has 1 amide bonds. The molecule has 0 saturated carbocycles. The van der Waals surface area contributed by atoms with Gasteiger partial charge in [-0.05, 0) is 68.3 Å². The van der Waals surface area contributed by atoms with Crippen molar-refractivity contribution in [2.45, 2.75) is 0 Å². The lowest BCUT2D eigenvalue weighted by Crippen LogP contribution is -2.17. The number of hydrogen-bond donors (Lipinski definition) is 1. The third-order valence-electron chi connectivity index (χ3n) is 2.59. The van der Waals surface area contributed by atoms with Gasteiger partial charge in [0.15, 0.2) is 0 Å². The molecular weight excluding hydrogens is 416 g/mol. The van der Waals surface area contributed by atoms with Gasteiger partial charge in [0.05, 0.1) is 22.3 Å². The number of carbonyl (C=O) groups is 1. The summed E-state index contributed by atoms with van der Waals surface area (Å²) < 4.78 is 11.7. The number of methoxy groups -OCH3 is 1. The molecule has 22 heavy (non-hydrogen) atoms. The van der Waals surface area contributed by atoms with E-state index in [0.29, 0.717) is 26.0 Å². The fourth-order valence-electron chi connectivity index (χ4n) is 1.61. The summed E-state index contributed by atoms with van der Waals surface area (Å²) in [7, 11) is 1.56. The van der Waals surface area contributed by atoms with Crippen LogP contribution in [-0.4, -0.2) is 19.2 Å². The number of benzene rings is 1. The van der Waals surface area contributed by atoms with Gasteiger partial charge < -0.3 is 9.15 Å². The van der Waals surface area contributed by atoms with Gasteiger partial charge in [0.1, 0.15) is 11.5 Å². The number of allylic oxidation sites excluding steroid dienone is 1. The van der Waals surface area contributed by atoms with Crippen molar-refractivity contribution in [1.82, 2.24) is 5.43 Å². The molecule has 0 radical (unpaired) electrons. The maximum absolute atomic E-state index is 12.0. The van der Waals surface area contributed by atoms with Gasteiger partial charge in [-0.15, -0.1) is 0 Å². The third kappa shape index (κ3) is 4.32. The summed E-state index contributed by atoms with van der Waals surface area (Å²) in [6.45, 7) is 0. The summed E-state index contributed by atoms with van der Waals surface area (Å²) in [6.07, 6.45) is 6.45. The molecule has 0 saturated heterocycles. The molecule has 114 valence electrons. The van der Waals surface area contributed by atoms with E-state index in [4.69, 9.17) is 9.15 Å². The van der Waals surface area contributed by atoms with E-state index in [-0.39, 0.29) is 5.91 Å². The molecule has 1 aromatic carbocycles. The lowest BCUT2D eigenvalue weighted by atomic mass is 10.2. The van der Waals surface area contributed by atoms with Gasteiger partial charge in [-0.3, -0.25) is 4.79 Å². The number of rotatable bonds is 5. The Kier molecular flexibility index (Phi) is 5.97. The van der Waals surface area contributed by atoms with Crippen molar-refractivity contribution >= 4 is 50.1 Å². The second-order valence-corrected chi connectivity index (χ2v) is 5.78. The number of hydrogen-bond acceptors (Lipinski definition) is 4. The van der Waals surface area contributed by atoms with E-state index in [1.165, 1.54) is 6.21 Å². The number of amides is 1. The Morgan fingerprint density at radius 3 is 2.68 bits per heavy atom. The lowest BCUT2D eigenvalue weighted by molar-refractivity contribution is 0.0955. The summed E-state index contributed by atoms with van der Waals surface area (Å²) in [5.41, 5.74) is 2.89. The Bertz CT molecular complexity index is 687. The molecule has 0 aliphatic carbocycles. The number of nitrogens with one attached hydrogen (secondary N) is 1. The Balaban J connectivity index is 1.98. The molecule has 0 atom stereocenters. The molecular formula is C15H12Br2N2O3. The van der Waals surface area contributed by atoms with Crippen molar-refractivity contribution in [3.05, 3.63) is 56.9 Å². The molecule has 1 heterocycles. The van der Waals surface area contributed by atoms with Crippen LogP contribution in [0.25, 0.3) is 6.08 Å². The summed E-state index contributed by atoms with van der Waals surface area (Å²) in [5, 5.41) is 3.83. The number of furan rings is 1. The zero-order valence-corrected chi connectivity index (χ0v) is 14.7. The maximum atomic E-state index is 12.0. The smallest absolute Gasteiger partial charge is 0.271 e. The molecule has 5 nitrogen and oxygen atoms in total. The third-order valence-corrected chi connectivity index (χ3v) is 3.77. The van der Waals surface area contributed by atoms with Gasteiger partial charge in [-0.1, -0.05) is 0 Å². The normalized spacial score (nSPS) is 11.2. The van der Waals surface area contributed by atoms with Crippen molar-refractivity contribution in [3.63, 3.8) is 0 Å². The van der Waals surface area contributed by atoms with Crippen molar-refractivity contribution in [2.24, 2.45) is 5.10 Å². The number of ether oxygens (including phenoxy) is 1. The SMILES string of the molecule is COc1c(Br)cc(C(=O)NN=CC=Cc2ccco2)cc1Br. The van der Waals surface area contributed by atoms with Crippen LogP contribution in [0.2, 0.25) is 0 Å². The van der Waals surface area contributed by atoms with Crippen LogP contribution < -0.4 is 10.2 Å². The van der Waals surface area contributed by atoms with Crippen molar-refractivity contribution in [3.8, 4) is 5.75 Å². The molecule has 2 rings (SSSR count). The predicted octanol–water partition coefficient (Wildman–Crippen LogP) is 4.24. The van der Waals surface area contributed by atoms with Gasteiger partial charge in [-0.2, -0.15) is 5.10 Å². The van der Waals surface area contributed by atoms with E-state index >= 15 is 0 Å². The van der Waals surface area contributed by atoms with Gasteiger partial charge in [-0.25, -0.2) is 5.43 Å². The zero-order valence-electron chi connectivity index (χ0n) is 11.5. The minimum absolute atomic E-state index is 0.327. The Hall–Kier alpha value is -1.86. The Morgan fingerprint density at radius 1 is 1.36 bits per heavy atom. The molecule has 0 unspecified atom stereocenters. The fourth-order valence-corrected chi connectivity index (χ4v) is 3.12. The number of nitrogens with zero attached hydrogens (tertiary/aromatic N) is 1. The van der Waals surface area contributed by atoms with Gasteiger partial charge in [0, 0.05) is 11.8 Å². The van der Waals surface area contributed by atoms with Crippen LogP contribution in [0.5, 0.6) is 5.75 Å². The first-order valence-corrected chi connectivity index (χ1v) is 7.77. The van der Waals surface area contributed by atoms with Gasteiger partial charge >= 0.3 is 0 Å². The highest BCUT2D eigenvalue weighted by Crippen LogP contribution is 2.34. The zero-order chi connectivity index (χ0) is 15.9. The Morgan fingerprint density at radius 2 is 2.09 bits per heavy atom. The van der Waals surface area contributed by atoms with Crippen LogP contribution in [0.15, 0.2) is 55.1 Å². The monoisotopic (exact) mass is 426 g/mol. The summed E-state index contributed by atoms with van der Waals surface area (Å²) >= 11 is 6.69. The van der Waals surface area contributed by atoms with E-state index in [0.717, 1.165) is 0 Å². The largest absolute Gasteiger partial charge is 0.494 e. The minimum atomic E-state index is -0.327. The highest BCUT2D eigenvalue weighted by molar-refractivity contribution is 9.11. The molecule has 7 heteroatoms. The van der Waals surface area contributed by atoms with Crippen LogP contribution in [0.1, 0.15) is 16.1 Å². The average molecular weight is 428 g/mol. The van der Waals surface area contributed by atoms with Crippen molar-refractivity contribution in [2.75, 3.05) is 7.11 Å². The van der Waals surface area contributed by atoms with Crippen LogP contribution in [0.4, 0.5) is 0 Å². The van der Waals surface area contributed by atoms with Gasteiger partial charge in [0.25, 0.3) is 5.91 Å². The number of halogens is 2. The van der Waals surface area contributed by atoms with E-state index < -0.39 is 0 Å². The summed E-state index contributed by atoms with van der Waals surface area (Å²) in [4.78, 5) is 12.0. The summed E-state index contributed by atoms with van der Waals surface area (Å²) in [5.74, 6) is 1.01. The number of carbonyl (C=O) groups excluding carboxylic acids is 1. The van der Waals surface area contributed by atoms with Crippen LogP contribution in [-0.2, 0) is 0 Å². The highest BCUT2D eigenvalue weighted by Gasteiger charge is 2.12. The molecule has 0 aliphatic rings. The van der Waals surface area contributed by atoms with E-state index in [2.05, 4.69) is 42.4 Å². The van der Waals surface area contributed by atoms with E-state index in [1.54, 1.807) is 43.7 Å². The molecule has 0 fully saturated rings. The van der Waals surface area contributed by atoms with Crippen LogP contribution in [0.3, 0.4) is 0 Å². The predicted molar refractivity (Wildman–Crippen MR) is 92.1 cm³/mol. The fraction of sp³-hybridized carbons (Fsp3) is 0.0667. The summed E-state index contributed by atoms with van der Waals surface area (Å²) in [6, 6.07) is 6.92. The van der Waals surface area contributed by atoms with E-state index in [9.17, 15) is 4.79 Å². The van der Waals surface area contributed by atoms with Gasteiger partial charge in [0.2, 0.25) is 0 Å². The first kappa shape index (κ1) is 16.5. The van der Waals surface area contributed by atoms with Crippen LogP contribution >= 0.6 is 31.9 Å². The standard InChI is InChI=1S/C15H12Br2N2O3/c1-21-14-12(16)8-10(9-13(14)17)15(20)19-18-6-2-4-11-5-3-7-22-11/h2-9H,1H3,(H,19,20). The lowest BCUT2D eigenvalue weighted by Gasteiger charge is -2.08. The topological polar surface area (TPSA) is 63.8 Å². The maximum Gasteiger partial charge on any atom is 0.271 e. The minimum Gasteiger partial charge on any atom is -0.494 e. The van der Waals surface area contributed by atoms with Crippen LogP contribution in [0, 0.1) is 0 Å². The molecule has 0 aliphatic heterocycles. The van der Waals surface area contributed by atoms with E-state index in [1.807, 2.05) is 6.07 Å². The first-order valence-electron chi connectivity index (χ1n) is 6.18. The second-order valence-electron chi connectivity index (χ2n) is 4.07.